The van der Waals surface area contributed by atoms with Crippen molar-refractivity contribution in [2.24, 2.45) is 11.8 Å². The minimum Gasteiger partial charge on any atom is -0.481 e. The maximum absolute atomic E-state index is 12.4. The summed E-state index contributed by atoms with van der Waals surface area (Å²) >= 11 is 0. The van der Waals surface area contributed by atoms with Gasteiger partial charge in [0.1, 0.15) is 0 Å². The number of hydrogen-bond donors (Lipinski definition) is 2. The van der Waals surface area contributed by atoms with E-state index in [1.54, 1.807) is 4.90 Å². The van der Waals surface area contributed by atoms with E-state index >= 15 is 0 Å². The molecule has 0 aromatic rings. The normalized spacial score (nSPS) is 25.5. The highest BCUT2D eigenvalue weighted by Crippen LogP contribution is 2.30. The molecule has 2 rings (SSSR count). The molecule has 0 saturated heterocycles. The minimum absolute atomic E-state index is 0.210. The molecule has 0 heterocycles. The lowest BCUT2D eigenvalue weighted by Crippen LogP contribution is -2.49. The predicted molar refractivity (Wildman–Crippen MR) is 79.7 cm³/mol. The molecule has 2 unspecified atom stereocenters. The van der Waals surface area contributed by atoms with Crippen LogP contribution < -0.4 is 5.32 Å². The van der Waals surface area contributed by atoms with Crippen LogP contribution in [0, 0.1) is 24.2 Å². The molecule has 2 amide bonds. The van der Waals surface area contributed by atoms with Crippen LogP contribution in [0.1, 0.15) is 44.9 Å². The van der Waals surface area contributed by atoms with Gasteiger partial charge < -0.3 is 15.3 Å². The molecule has 0 aromatic carbocycles. The zero-order valence-electron chi connectivity index (χ0n) is 12.4. The van der Waals surface area contributed by atoms with Crippen molar-refractivity contribution in [3.8, 4) is 12.3 Å². The number of urea groups is 1. The third kappa shape index (κ3) is 4.66. The number of amides is 2. The van der Waals surface area contributed by atoms with Gasteiger partial charge in [-0.2, -0.15) is 0 Å². The van der Waals surface area contributed by atoms with Crippen LogP contribution in [0.5, 0.6) is 0 Å². The zero-order chi connectivity index (χ0) is 15.2. The van der Waals surface area contributed by atoms with Gasteiger partial charge in [0.2, 0.25) is 0 Å². The molecule has 0 radical (unpaired) electrons. The van der Waals surface area contributed by atoms with E-state index in [0.29, 0.717) is 18.9 Å². The van der Waals surface area contributed by atoms with Gasteiger partial charge in [-0.05, 0) is 31.6 Å². The molecule has 2 aliphatic rings. The quantitative estimate of drug-likeness (QED) is 0.602. The van der Waals surface area contributed by atoms with E-state index in [1.807, 2.05) is 0 Å². The van der Waals surface area contributed by atoms with Gasteiger partial charge in [-0.25, -0.2) is 4.79 Å². The molecule has 116 valence electrons. The molecule has 5 heteroatoms. The molecule has 5 nitrogen and oxygen atoms in total. The van der Waals surface area contributed by atoms with Crippen molar-refractivity contribution in [1.29, 1.82) is 0 Å². The van der Waals surface area contributed by atoms with Gasteiger partial charge in [0.25, 0.3) is 0 Å². The Hall–Kier alpha value is -1.70. The Bertz CT molecular complexity index is 426. The lowest BCUT2D eigenvalue weighted by atomic mass is 9.95. The molecule has 21 heavy (non-hydrogen) atoms. The summed E-state index contributed by atoms with van der Waals surface area (Å²) < 4.78 is 0. The Labute approximate surface area is 126 Å². The van der Waals surface area contributed by atoms with E-state index in [9.17, 15) is 14.7 Å². The summed E-state index contributed by atoms with van der Waals surface area (Å²) in [6, 6.07) is -0.491. The predicted octanol–water partition coefficient (Wildman–Crippen LogP) is 2.07. The topological polar surface area (TPSA) is 69.6 Å². The summed E-state index contributed by atoms with van der Waals surface area (Å²) in [7, 11) is 0. The summed E-state index contributed by atoms with van der Waals surface area (Å²) in [6.45, 7) is 0.966. The first-order valence-corrected chi connectivity index (χ1v) is 7.83. The Morgan fingerprint density at radius 2 is 1.90 bits per heavy atom. The monoisotopic (exact) mass is 292 g/mol. The van der Waals surface area contributed by atoms with E-state index < -0.39 is 11.9 Å². The maximum Gasteiger partial charge on any atom is 0.318 e. The third-order valence-electron chi connectivity index (χ3n) is 4.39. The van der Waals surface area contributed by atoms with Crippen molar-refractivity contribution >= 4 is 12.0 Å². The van der Waals surface area contributed by atoms with Crippen molar-refractivity contribution in [3.05, 3.63) is 0 Å². The maximum atomic E-state index is 12.4. The molecular weight excluding hydrogens is 268 g/mol. The number of carbonyl (C=O) groups is 2. The number of carbonyl (C=O) groups excluding carboxylic acids is 1. The number of carboxylic acids is 1. The van der Waals surface area contributed by atoms with Crippen LogP contribution in [-0.4, -0.2) is 41.1 Å². The van der Waals surface area contributed by atoms with E-state index in [2.05, 4.69) is 11.2 Å². The molecule has 2 saturated carbocycles. The standard InChI is InChI=1S/C16H24N2O3/c1-2-10-18(11-12-8-9-12)16(21)17-14-7-5-3-4-6-13(14)15(19)20/h1,12-14H,3-11H2,(H,17,21)(H,19,20). The molecule has 2 fully saturated rings. The molecule has 0 spiro atoms. The van der Waals surface area contributed by atoms with Crippen molar-refractivity contribution in [1.82, 2.24) is 10.2 Å². The van der Waals surface area contributed by atoms with Crippen LogP contribution in [0.25, 0.3) is 0 Å². The summed E-state index contributed by atoms with van der Waals surface area (Å²) in [5, 5.41) is 12.3. The van der Waals surface area contributed by atoms with Crippen molar-refractivity contribution < 1.29 is 14.7 Å². The average Bonchev–Trinajstić information content (AvgIpc) is 3.25. The average molecular weight is 292 g/mol. The summed E-state index contributed by atoms with van der Waals surface area (Å²) in [5.74, 6) is 1.78. The lowest BCUT2D eigenvalue weighted by Gasteiger charge is -2.27. The molecule has 2 atom stereocenters. The smallest absolute Gasteiger partial charge is 0.318 e. The second kappa shape index (κ2) is 7.35. The number of nitrogens with one attached hydrogen (secondary N) is 1. The zero-order valence-corrected chi connectivity index (χ0v) is 12.4. The number of carboxylic acid groups (broad SMARTS) is 1. The highest BCUT2D eigenvalue weighted by atomic mass is 16.4. The van der Waals surface area contributed by atoms with E-state index in [4.69, 9.17) is 6.42 Å². The van der Waals surface area contributed by atoms with Crippen LogP contribution in [0.3, 0.4) is 0 Å². The number of terminal acetylenes is 1. The fraction of sp³-hybridized carbons (Fsp3) is 0.750. The Balaban J connectivity index is 1.96. The van der Waals surface area contributed by atoms with Crippen molar-refractivity contribution in [3.63, 3.8) is 0 Å². The highest BCUT2D eigenvalue weighted by molar-refractivity contribution is 5.77. The molecule has 2 aliphatic carbocycles. The number of rotatable bonds is 5. The summed E-state index contributed by atoms with van der Waals surface area (Å²) in [6.07, 6.45) is 11.9. The second-order valence-corrected chi connectivity index (χ2v) is 6.17. The fourth-order valence-electron chi connectivity index (χ4n) is 2.97. The van der Waals surface area contributed by atoms with Gasteiger partial charge in [0.05, 0.1) is 12.5 Å². The van der Waals surface area contributed by atoms with Crippen LogP contribution in [0.4, 0.5) is 4.79 Å². The third-order valence-corrected chi connectivity index (χ3v) is 4.39. The van der Waals surface area contributed by atoms with E-state index in [0.717, 1.165) is 38.5 Å². The second-order valence-electron chi connectivity index (χ2n) is 6.17. The highest BCUT2D eigenvalue weighted by Gasteiger charge is 2.33. The number of hydrogen-bond acceptors (Lipinski definition) is 2. The fourth-order valence-corrected chi connectivity index (χ4v) is 2.97. The molecule has 0 bridgehead atoms. The van der Waals surface area contributed by atoms with Gasteiger partial charge in [-0.15, -0.1) is 6.42 Å². The van der Waals surface area contributed by atoms with Gasteiger partial charge in [0.15, 0.2) is 0 Å². The van der Waals surface area contributed by atoms with E-state index in [-0.39, 0.29) is 18.6 Å². The van der Waals surface area contributed by atoms with Crippen molar-refractivity contribution in [2.45, 2.75) is 51.0 Å². The Kier molecular flexibility index (Phi) is 5.49. The molecule has 2 N–H and O–H groups in total. The van der Waals surface area contributed by atoms with Crippen LogP contribution in [0.2, 0.25) is 0 Å². The van der Waals surface area contributed by atoms with Gasteiger partial charge >= 0.3 is 12.0 Å². The first-order valence-electron chi connectivity index (χ1n) is 7.83. The van der Waals surface area contributed by atoms with E-state index in [1.165, 1.54) is 0 Å². The largest absolute Gasteiger partial charge is 0.481 e. The van der Waals surface area contributed by atoms with Gasteiger partial charge in [-0.3, -0.25) is 4.79 Å². The minimum atomic E-state index is -0.812. The first-order chi connectivity index (χ1) is 10.1. The lowest BCUT2D eigenvalue weighted by molar-refractivity contribution is -0.142. The van der Waals surface area contributed by atoms with Gasteiger partial charge in [0, 0.05) is 12.6 Å². The van der Waals surface area contributed by atoms with Gasteiger partial charge in [-0.1, -0.05) is 25.2 Å². The number of aliphatic carboxylic acids is 1. The summed E-state index contributed by atoms with van der Waals surface area (Å²) in [5.41, 5.74) is 0. The van der Waals surface area contributed by atoms with Crippen LogP contribution in [0.15, 0.2) is 0 Å². The summed E-state index contributed by atoms with van der Waals surface area (Å²) in [4.78, 5) is 25.4. The van der Waals surface area contributed by atoms with Crippen molar-refractivity contribution in [2.75, 3.05) is 13.1 Å². The SMILES string of the molecule is C#CCN(CC1CC1)C(=O)NC1CCCCCC1C(=O)O. The number of nitrogens with zero attached hydrogens (tertiary/aromatic N) is 1. The van der Waals surface area contributed by atoms with Crippen LogP contribution in [-0.2, 0) is 4.79 Å². The Morgan fingerprint density at radius 1 is 1.19 bits per heavy atom. The Morgan fingerprint density at radius 3 is 2.52 bits per heavy atom. The van der Waals surface area contributed by atoms with Crippen LogP contribution >= 0.6 is 0 Å². The first kappa shape index (κ1) is 15.7. The molecular formula is C16H24N2O3. The molecule has 0 aliphatic heterocycles. The molecule has 0 aromatic heterocycles.